The lowest BCUT2D eigenvalue weighted by Crippen LogP contribution is -2.51. The van der Waals surface area contributed by atoms with E-state index >= 15 is 0 Å². The molecule has 17 heavy (non-hydrogen) atoms. The molecule has 0 amide bonds. The quantitative estimate of drug-likeness (QED) is 0.795. The Balaban J connectivity index is 1.87. The Labute approximate surface area is 106 Å². The number of likely N-dealkylation sites (tertiary alicyclic amines) is 1. The average Bonchev–Trinajstić information content (AvgIpc) is 2.85. The molecule has 3 nitrogen and oxygen atoms in total. The fraction of sp³-hybridized carbons (Fsp3) is 1.00. The number of methoxy groups -OCH3 is 1. The third-order valence-electron chi connectivity index (χ3n) is 4.36. The third-order valence-corrected chi connectivity index (χ3v) is 4.36. The molecule has 2 fully saturated rings. The van der Waals surface area contributed by atoms with Gasteiger partial charge < -0.3 is 10.1 Å². The molecule has 0 spiro atoms. The van der Waals surface area contributed by atoms with Crippen molar-refractivity contribution in [2.24, 2.45) is 0 Å². The highest BCUT2D eigenvalue weighted by atomic mass is 16.5. The number of nitrogens with one attached hydrogen (secondary N) is 1. The predicted molar refractivity (Wildman–Crippen MR) is 71.3 cm³/mol. The molecule has 0 aromatic rings. The molecular weight excluding hydrogens is 212 g/mol. The van der Waals surface area contributed by atoms with Crippen molar-refractivity contribution in [2.75, 3.05) is 26.7 Å². The first kappa shape index (κ1) is 13.3. The van der Waals surface area contributed by atoms with Crippen LogP contribution in [-0.4, -0.2) is 49.8 Å². The second kappa shape index (κ2) is 6.72. The van der Waals surface area contributed by atoms with Crippen LogP contribution in [0.15, 0.2) is 0 Å². The number of rotatable bonds is 5. The lowest BCUT2D eigenvalue weighted by molar-refractivity contribution is 0.0870. The van der Waals surface area contributed by atoms with Crippen LogP contribution in [0, 0.1) is 0 Å². The summed E-state index contributed by atoms with van der Waals surface area (Å²) >= 11 is 0. The predicted octanol–water partition coefficient (Wildman–Crippen LogP) is 2.02. The minimum absolute atomic E-state index is 0.476. The molecule has 100 valence electrons. The Morgan fingerprint density at radius 1 is 1.24 bits per heavy atom. The Kier molecular flexibility index (Phi) is 5.26. The highest BCUT2D eigenvalue weighted by Crippen LogP contribution is 2.26. The SMILES string of the molecule is CCCNC1CCCCC1N1CCC(OC)C1. The largest absolute Gasteiger partial charge is 0.380 e. The highest BCUT2D eigenvalue weighted by molar-refractivity contribution is 4.91. The molecule has 3 atom stereocenters. The Hall–Kier alpha value is -0.120. The van der Waals surface area contributed by atoms with E-state index in [-0.39, 0.29) is 0 Å². The molecule has 1 saturated heterocycles. The van der Waals surface area contributed by atoms with E-state index in [0.29, 0.717) is 6.10 Å². The Morgan fingerprint density at radius 3 is 2.76 bits per heavy atom. The van der Waals surface area contributed by atoms with Gasteiger partial charge in [-0.15, -0.1) is 0 Å². The van der Waals surface area contributed by atoms with Gasteiger partial charge in [-0.2, -0.15) is 0 Å². The van der Waals surface area contributed by atoms with Crippen LogP contribution in [0.5, 0.6) is 0 Å². The van der Waals surface area contributed by atoms with E-state index in [9.17, 15) is 0 Å². The number of ether oxygens (including phenoxy) is 1. The van der Waals surface area contributed by atoms with Gasteiger partial charge in [-0.1, -0.05) is 19.8 Å². The summed E-state index contributed by atoms with van der Waals surface area (Å²) in [7, 11) is 1.85. The normalized spacial score (nSPS) is 35.3. The molecule has 0 aromatic heterocycles. The fourth-order valence-corrected chi connectivity index (χ4v) is 3.36. The molecule has 0 aromatic carbocycles. The van der Waals surface area contributed by atoms with Crippen LogP contribution in [0.25, 0.3) is 0 Å². The number of hydrogen-bond donors (Lipinski definition) is 1. The standard InChI is InChI=1S/C14H28N2O/c1-3-9-15-13-6-4-5-7-14(13)16-10-8-12(11-16)17-2/h12-15H,3-11H2,1-2H3. The summed E-state index contributed by atoms with van der Waals surface area (Å²) in [6.45, 7) is 5.79. The van der Waals surface area contributed by atoms with E-state index < -0.39 is 0 Å². The van der Waals surface area contributed by atoms with Gasteiger partial charge in [0.2, 0.25) is 0 Å². The molecule has 0 bridgehead atoms. The van der Waals surface area contributed by atoms with Crippen LogP contribution in [0.3, 0.4) is 0 Å². The summed E-state index contributed by atoms with van der Waals surface area (Å²) in [4.78, 5) is 2.67. The van der Waals surface area contributed by atoms with Crippen LogP contribution in [-0.2, 0) is 4.74 Å². The molecule has 3 unspecified atom stereocenters. The van der Waals surface area contributed by atoms with E-state index in [2.05, 4.69) is 17.1 Å². The third kappa shape index (κ3) is 3.43. The highest BCUT2D eigenvalue weighted by Gasteiger charge is 2.34. The van der Waals surface area contributed by atoms with Crippen molar-refractivity contribution in [3.05, 3.63) is 0 Å². The van der Waals surface area contributed by atoms with Crippen LogP contribution in [0.4, 0.5) is 0 Å². The molecule has 1 aliphatic heterocycles. The average molecular weight is 240 g/mol. The molecule has 1 saturated carbocycles. The van der Waals surface area contributed by atoms with Gasteiger partial charge in [-0.3, -0.25) is 4.90 Å². The molecule has 1 heterocycles. The molecule has 2 aliphatic rings. The van der Waals surface area contributed by atoms with Crippen molar-refractivity contribution in [3.63, 3.8) is 0 Å². The van der Waals surface area contributed by atoms with Crippen molar-refractivity contribution in [2.45, 2.75) is 63.6 Å². The van der Waals surface area contributed by atoms with Crippen LogP contribution in [0.2, 0.25) is 0 Å². The second-order valence-electron chi connectivity index (χ2n) is 5.55. The van der Waals surface area contributed by atoms with Crippen molar-refractivity contribution in [3.8, 4) is 0 Å². The Bertz CT molecular complexity index is 220. The zero-order chi connectivity index (χ0) is 12.1. The van der Waals surface area contributed by atoms with Gasteiger partial charge in [-0.05, 0) is 32.2 Å². The zero-order valence-electron chi connectivity index (χ0n) is 11.5. The van der Waals surface area contributed by atoms with E-state index in [0.717, 1.165) is 18.6 Å². The van der Waals surface area contributed by atoms with Crippen molar-refractivity contribution < 1.29 is 4.74 Å². The molecule has 1 aliphatic carbocycles. The first-order valence-electron chi connectivity index (χ1n) is 7.35. The van der Waals surface area contributed by atoms with E-state index in [4.69, 9.17) is 4.74 Å². The smallest absolute Gasteiger partial charge is 0.0710 e. The van der Waals surface area contributed by atoms with E-state index in [1.807, 2.05) is 7.11 Å². The zero-order valence-corrected chi connectivity index (χ0v) is 11.5. The summed E-state index contributed by atoms with van der Waals surface area (Å²) in [5.41, 5.74) is 0. The number of hydrogen-bond acceptors (Lipinski definition) is 3. The lowest BCUT2D eigenvalue weighted by Gasteiger charge is -2.38. The molecule has 2 rings (SSSR count). The fourth-order valence-electron chi connectivity index (χ4n) is 3.36. The topological polar surface area (TPSA) is 24.5 Å². The maximum atomic E-state index is 5.49. The summed E-state index contributed by atoms with van der Waals surface area (Å²) in [5, 5.41) is 3.75. The van der Waals surface area contributed by atoms with Crippen LogP contribution < -0.4 is 5.32 Å². The summed E-state index contributed by atoms with van der Waals surface area (Å²) < 4.78 is 5.49. The Morgan fingerprint density at radius 2 is 2.06 bits per heavy atom. The lowest BCUT2D eigenvalue weighted by atomic mass is 9.89. The van der Waals surface area contributed by atoms with Gasteiger partial charge in [0.1, 0.15) is 0 Å². The van der Waals surface area contributed by atoms with E-state index in [1.165, 1.54) is 51.6 Å². The molecule has 3 heteroatoms. The number of nitrogens with zero attached hydrogens (tertiary/aromatic N) is 1. The van der Waals surface area contributed by atoms with Gasteiger partial charge in [0.25, 0.3) is 0 Å². The first-order chi connectivity index (χ1) is 8.35. The van der Waals surface area contributed by atoms with Gasteiger partial charge in [0.15, 0.2) is 0 Å². The maximum Gasteiger partial charge on any atom is 0.0710 e. The first-order valence-corrected chi connectivity index (χ1v) is 7.35. The van der Waals surface area contributed by atoms with Crippen molar-refractivity contribution >= 4 is 0 Å². The van der Waals surface area contributed by atoms with Crippen LogP contribution >= 0.6 is 0 Å². The van der Waals surface area contributed by atoms with Gasteiger partial charge in [0, 0.05) is 32.3 Å². The van der Waals surface area contributed by atoms with Gasteiger partial charge >= 0.3 is 0 Å². The summed E-state index contributed by atoms with van der Waals surface area (Å²) in [5.74, 6) is 0. The molecular formula is C14H28N2O. The minimum Gasteiger partial charge on any atom is -0.380 e. The summed E-state index contributed by atoms with van der Waals surface area (Å²) in [6.07, 6.45) is 8.47. The van der Waals surface area contributed by atoms with Crippen molar-refractivity contribution in [1.29, 1.82) is 0 Å². The minimum atomic E-state index is 0.476. The van der Waals surface area contributed by atoms with Crippen molar-refractivity contribution in [1.82, 2.24) is 10.2 Å². The van der Waals surface area contributed by atoms with Gasteiger partial charge in [-0.25, -0.2) is 0 Å². The van der Waals surface area contributed by atoms with E-state index in [1.54, 1.807) is 0 Å². The maximum absolute atomic E-state index is 5.49. The van der Waals surface area contributed by atoms with Crippen LogP contribution in [0.1, 0.15) is 45.4 Å². The summed E-state index contributed by atoms with van der Waals surface area (Å²) in [6, 6.07) is 1.48. The second-order valence-corrected chi connectivity index (χ2v) is 5.55. The molecule has 0 radical (unpaired) electrons. The van der Waals surface area contributed by atoms with Gasteiger partial charge in [0.05, 0.1) is 6.10 Å². The molecule has 1 N–H and O–H groups in total. The monoisotopic (exact) mass is 240 g/mol.